The second kappa shape index (κ2) is 9.04. The minimum absolute atomic E-state index is 0.0199. The molecule has 0 saturated carbocycles. The van der Waals surface area contributed by atoms with Crippen molar-refractivity contribution in [3.05, 3.63) is 54.2 Å². The lowest BCUT2D eigenvalue weighted by molar-refractivity contribution is -0.122. The van der Waals surface area contributed by atoms with E-state index >= 15 is 0 Å². The van der Waals surface area contributed by atoms with Crippen LogP contribution in [-0.4, -0.2) is 43.5 Å². The molecule has 1 fully saturated rings. The number of halogens is 1. The van der Waals surface area contributed by atoms with Crippen LogP contribution in [0.4, 0.5) is 10.1 Å². The zero-order chi connectivity index (χ0) is 19.2. The Morgan fingerprint density at radius 3 is 2.44 bits per heavy atom. The van der Waals surface area contributed by atoms with Gasteiger partial charge in [-0.05, 0) is 42.3 Å². The van der Waals surface area contributed by atoms with Crippen LogP contribution in [0.5, 0.6) is 0 Å². The first kappa shape index (κ1) is 19.4. The smallest absolute Gasteiger partial charge is 0.220 e. The number of rotatable bonds is 7. The number of carbonyl (C=O) groups is 1. The number of benzene rings is 1. The maximum Gasteiger partial charge on any atom is 0.220 e. The molecule has 3 rings (SSSR count). The van der Waals surface area contributed by atoms with Crippen LogP contribution in [0.2, 0.25) is 0 Å². The third-order valence-electron chi connectivity index (χ3n) is 4.90. The molecular weight excluding hydrogens is 345 g/mol. The summed E-state index contributed by atoms with van der Waals surface area (Å²) in [4.78, 5) is 16.7. The molecule has 1 aliphatic rings. The summed E-state index contributed by atoms with van der Waals surface area (Å²) >= 11 is 0. The summed E-state index contributed by atoms with van der Waals surface area (Å²) in [5, 5.41) is 3.05. The Kier molecular flexibility index (Phi) is 6.50. The summed E-state index contributed by atoms with van der Waals surface area (Å²) in [6.07, 6.45) is 2.20. The number of nitrogens with one attached hydrogen (secondary N) is 1. The molecule has 0 aliphatic carbocycles. The number of hydrogen-bond donors (Lipinski definition) is 1. The van der Waals surface area contributed by atoms with Crippen LogP contribution in [0.1, 0.15) is 32.1 Å². The minimum Gasteiger partial charge on any atom is -0.468 e. The van der Waals surface area contributed by atoms with Gasteiger partial charge < -0.3 is 14.6 Å². The van der Waals surface area contributed by atoms with Gasteiger partial charge >= 0.3 is 0 Å². The average Bonchev–Trinajstić information content (AvgIpc) is 3.17. The van der Waals surface area contributed by atoms with E-state index in [2.05, 4.69) is 15.1 Å². The van der Waals surface area contributed by atoms with Crippen molar-refractivity contribution < 1.29 is 13.6 Å². The quantitative estimate of drug-likeness (QED) is 0.808. The highest BCUT2D eigenvalue weighted by Crippen LogP contribution is 2.24. The molecular formula is C21H28FN3O2. The molecule has 2 aromatic rings. The van der Waals surface area contributed by atoms with Gasteiger partial charge in [-0.1, -0.05) is 13.8 Å². The van der Waals surface area contributed by atoms with Crippen LogP contribution < -0.4 is 10.2 Å². The van der Waals surface area contributed by atoms with Crippen LogP contribution in [0.25, 0.3) is 0 Å². The van der Waals surface area contributed by atoms with Gasteiger partial charge in [-0.2, -0.15) is 0 Å². The van der Waals surface area contributed by atoms with E-state index in [0.717, 1.165) is 37.6 Å². The minimum atomic E-state index is -0.215. The normalized spacial score (nSPS) is 16.5. The van der Waals surface area contributed by atoms with Crippen molar-refractivity contribution in [2.75, 3.05) is 37.6 Å². The van der Waals surface area contributed by atoms with Gasteiger partial charge in [-0.25, -0.2) is 4.39 Å². The van der Waals surface area contributed by atoms with E-state index in [-0.39, 0.29) is 17.8 Å². The third kappa shape index (κ3) is 5.32. The van der Waals surface area contributed by atoms with Crippen LogP contribution in [-0.2, 0) is 4.79 Å². The zero-order valence-corrected chi connectivity index (χ0v) is 16.0. The molecule has 5 nitrogen and oxygen atoms in total. The number of nitrogens with zero attached hydrogens (tertiary/aromatic N) is 2. The molecule has 1 atom stereocenters. The second-order valence-corrected chi connectivity index (χ2v) is 7.43. The first-order valence-corrected chi connectivity index (χ1v) is 9.57. The van der Waals surface area contributed by atoms with E-state index in [1.54, 1.807) is 6.26 Å². The SMILES string of the molecule is CC(C)CC(=O)NC[C@@H](c1ccco1)N1CCN(c2ccc(F)cc2)CC1. The van der Waals surface area contributed by atoms with E-state index in [1.165, 1.54) is 12.1 Å². The van der Waals surface area contributed by atoms with Crippen molar-refractivity contribution in [2.45, 2.75) is 26.3 Å². The third-order valence-corrected chi connectivity index (χ3v) is 4.90. The first-order chi connectivity index (χ1) is 13.0. The Balaban J connectivity index is 1.60. The van der Waals surface area contributed by atoms with Gasteiger partial charge in [0.05, 0.1) is 12.3 Å². The van der Waals surface area contributed by atoms with Crippen LogP contribution in [0.15, 0.2) is 47.1 Å². The van der Waals surface area contributed by atoms with Gasteiger partial charge in [0, 0.05) is 44.8 Å². The molecule has 6 heteroatoms. The predicted octanol–water partition coefficient (Wildman–Crippen LogP) is 3.44. The summed E-state index contributed by atoms with van der Waals surface area (Å²) in [5.74, 6) is 1.07. The predicted molar refractivity (Wildman–Crippen MR) is 104 cm³/mol. The van der Waals surface area contributed by atoms with E-state index in [9.17, 15) is 9.18 Å². The molecule has 1 amide bonds. The largest absolute Gasteiger partial charge is 0.468 e. The van der Waals surface area contributed by atoms with E-state index in [4.69, 9.17) is 4.42 Å². The van der Waals surface area contributed by atoms with Gasteiger partial charge in [-0.3, -0.25) is 9.69 Å². The molecule has 0 radical (unpaired) electrons. The molecule has 1 aliphatic heterocycles. The topological polar surface area (TPSA) is 48.7 Å². The Morgan fingerprint density at radius 2 is 1.85 bits per heavy atom. The van der Waals surface area contributed by atoms with E-state index < -0.39 is 0 Å². The van der Waals surface area contributed by atoms with E-state index in [0.29, 0.717) is 18.9 Å². The van der Waals surface area contributed by atoms with Crippen molar-refractivity contribution in [3.8, 4) is 0 Å². The number of amides is 1. The maximum absolute atomic E-state index is 13.1. The zero-order valence-electron chi connectivity index (χ0n) is 16.0. The van der Waals surface area contributed by atoms with Gasteiger partial charge in [0.2, 0.25) is 5.91 Å². The Bertz CT molecular complexity index is 708. The lowest BCUT2D eigenvalue weighted by atomic mass is 10.1. The molecule has 1 N–H and O–H groups in total. The van der Waals surface area contributed by atoms with Crippen molar-refractivity contribution in [1.82, 2.24) is 10.2 Å². The first-order valence-electron chi connectivity index (χ1n) is 9.57. The fourth-order valence-corrected chi connectivity index (χ4v) is 3.49. The maximum atomic E-state index is 13.1. The highest BCUT2D eigenvalue weighted by atomic mass is 19.1. The summed E-state index contributed by atoms with van der Waals surface area (Å²) in [6, 6.07) is 10.5. The number of hydrogen-bond acceptors (Lipinski definition) is 4. The fraction of sp³-hybridized carbons (Fsp3) is 0.476. The monoisotopic (exact) mass is 373 g/mol. The summed E-state index contributed by atoms with van der Waals surface area (Å²) in [6.45, 7) is 8.02. The number of piperazine rings is 1. The molecule has 1 aromatic heterocycles. The highest BCUT2D eigenvalue weighted by Gasteiger charge is 2.27. The lowest BCUT2D eigenvalue weighted by Gasteiger charge is -2.39. The van der Waals surface area contributed by atoms with Gasteiger partial charge in [0.15, 0.2) is 0 Å². The molecule has 1 aromatic carbocycles. The lowest BCUT2D eigenvalue weighted by Crippen LogP contribution is -2.49. The molecule has 0 spiro atoms. The Labute approximate surface area is 160 Å². The van der Waals surface area contributed by atoms with Crippen molar-refractivity contribution in [3.63, 3.8) is 0 Å². The summed E-state index contributed by atoms with van der Waals surface area (Å²) in [5.41, 5.74) is 1.04. The molecule has 27 heavy (non-hydrogen) atoms. The molecule has 0 unspecified atom stereocenters. The van der Waals surface area contributed by atoms with Crippen molar-refractivity contribution in [2.24, 2.45) is 5.92 Å². The second-order valence-electron chi connectivity index (χ2n) is 7.43. The fourth-order valence-electron chi connectivity index (χ4n) is 3.49. The van der Waals surface area contributed by atoms with Crippen LogP contribution in [0, 0.1) is 11.7 Å². The average molecular weight is 373 g/mol. The molecule has 1 saturated heterocycles. The summed E-state index contributed by atoms with van der Waals surface area (Å²) < 4.78 is 18.8. The van der Waals surface area contributed by atoms with Crippen molar-refractivity contribution >= 4 is 11.6 Å². The number of anilines is 1. The standard InChI is InChI=1S/C21H28FN3O2/c1-16(2)14-21(26)23-15-19(20-4-3-13-27-20)25-11-9-24(10-12-25)18-7-5-17(22)6-8-18/h3-8,13,16,19H,9-12,14-15H2,1-2H3,(H,23,26)/t19-/m0/s1. The van der Waals surface area contributed by atoms with E-state index in [1.807, 2.05) is 38.1 Å². The highest BCUT2D eigenvalue weighted by molar-refractivity contribution is 5.76. The number of furan rings is 1. The molecule has 2 heterocycles. The molecule has 146 valence electrons. The Morgan fingerprint density at radius 1 is 1.15 bits per heavy atom. The Hall–Kier alpha value is -2.34. The van der Waals surface area contributed by atoms with Crippen LogP contribution >= 0.6 is 0 Å². The van der Waals surface area contributed by atoms with Gasteiger partial charge in [0.1, 0.15) is 11.6 Å². The van der Waals surface area contributed by atoms with Gasteiger partial charge in [-0.15, -0.1) is 0 Å². The van der Waals surface area contributed by atoms with Crippen LogP contribution in [0.3, 0.4) is 0 Å². The van der Waals surface area contributed by atoms with Gasteiger partial charge in [0.25, 0.3) is 0 Å². The van der Waals surface area contributed by atoms with Crippen molar-refractivity contribution in [1.29, 1.82) is 0 Å². The number of carbonyl (C=O) groups excluding carboxylic acids is 1. The summed E-state index contributed by atoms with van der Waals surface area (Å²) in [7, 11) is 0. The molecule has 0 bridgehead atoms.